The highest BCUT2D eigenvalue weighted by molar-refractivity contribution is 6.31. The van der Waals surface area contributed by atoms with Gasteiger partial charge in [0, 0.05) is 11.1 Å². The number of hydrogen-bond acceptors (Lipinski definition) is 1. The molecule has 0 fully saturated rings. The summed E-state index contributed by atoms with van der Waals surface area (Å²) in [6.45, 7) is 4.29. The molecular formula is C13H19ClFN. The van der Waals surface area contributed by atoms with Crippen LogP contribution in [0.15, 0.2) is 18.2 Å². The Morgan fingerprint density at radius 3 is 2.69 bits per heavy atom. The van der Waals surface area contributed by atoms with E-state index in [1.165, 1.54) is 12.1 Å². The Kier molecular flexibility index (Phi) is 5.23. The Bertz CT molecular complexity index is 341. The Hall–Kier alpha value is -0.600. The third-order valence-corrected chi connectivity index (χ3v) is 3.30. The van der Waals surface area contributed by atoms with Gasteiger partial charge in [-0.1, -0.05) is 37.9 Å². The Morgan fingerprint density at radius 1 is 1.44 bits per heavy atom. The Morgan fingerprint density at radius 2 is 2.12 bits per heavy atom. The van der Waals surface area contributed by atoms with Crippen LogP contribution in [0.3, 0.4) is 0 Å². The summed E-state index contributed by atoms with van der Waals surface area (Å²) in [5.74, 6) is 0.162. The van der Waals surface area contributed by atoms with Gasteiger partial charge in [0.25, 0.3) is 0 Å². The van der Waals surface area contributed by atoms with Crippen LogP contribution in [0.25, 0.3) is 0 Å². The largest absolute Gasteiger partial charge is 0.327 e. The van der Waals surface area contributed by atoms with Crippen LogP contribution in [0.1, 0.15) is 32.3 Å². The van der Waals surface area contributed by atoms with Crippen molar-refractivity contribution in [3.63, 3.8) is 0 Å². The van der Waals surface area contributed by atoms with Crippen molar-refractivity contribution in [1.29, 1.82) is 0 Å². The minimum Gasteiger partial charge on any atom is -0.327 e. The molecule has 1 aromatic carbocycles. The quantitative estimate of drug-likeness (QED) is 0.837. The highest BCUT2D eigenvalue weighted by atomic mass is 35.5. The number of rotatable bonds is 5. The van der Waals surface area contributed by atoms with Gasteiger partial charge in [-0.05, 0) is 36.5 Å². The second-order valence-electron chi connectivity index (χ2n) is 4.37. The Labute approximate surface area is 102 Å². The second kappa shape index (κ2) is 6.21. The molecule has 90 valence electrons. The summed E-state index contributed by atoms with van der Waals surface area (Å²) < 4.78 is 12.8. The van der Waals surface area contributed by atoms with Gasteiger partial charge in [0.1, 0.15) is 5.82 Å². The van der Waals surface area contributed by atoms with Gasteiger partial charge in [-0.15, -0.1) is 0 Å². The van der Waals surface area contributed by atoms with Crippen molar-refractivity contribution in [3.05, 3.63) is 34.6 Å². The van der Waals surface area contributed by atoms with Crippen LogP contribution in [0.5, 0.6) is 0 Å². The van der Waals surface area contributed by atoms with E-state index in [9.17, 15) is 4.39 Å². The van der Waals surface area contributed by atoms with Crippen LogP contribution in [-0.2, 0) is 6.42 Å². The van der Waals surface area contributed by atoms with Gasteiger partial charge < -0.3 is 5.73 Å². The minimum atomic E-state index is -0.302. The molecule has 0 aliphatic heterocycles. The maximum Gasteiger partial charge on any atom is 0.124 e. The monoisotopic (exact) mass is 243 g/mol. The maximum absolute atomic E-state index is 12.8. The maximum atomic E-state index is 12.8. The van der Waals surface area contributed by atoms with Gasteiger partial charge >= 0.3 is 0 Å². The highest BCUT2D eigenvalue weighted by Crippen LogP contribution is 2.21. The summed E-state index contributed by atoms with van der Waals surface area (Å²) in [6.07, 6.45) is 2.95. The van der Waals surface area contributed by atoms with E-state index in [4.69, 9.17) is 17.3 Å². The fraction of sp³-hybridized carbons (Fsp3) is 0.538. The van der Waals surface area contributed by atoms with Gasteiger partial charge in [0.15, 0.2) is 0 Å². The highest BCUT2D eigenvalue weighted by Gasteiger charge is 2.14. The van der Waals surface area contributed by atoms with Crippen molar-refractivity contribution < 1.29 is 4.39 Å². The lowest BCUT2D eigenvalue weighted by molar-refractivity contribution is 0.420. The molecule has 2 atom stereocenters. The molecule has 16 heavy (non-hydrogen) atoms. The number of nitrogens with two attached hydrogens (primary N) is 1. The zero-order valence-corrected chi connectivity index (χ0v) is 10.6. The Balaban J connectivity index is 2.65. The van der Waals surface area contributed by atoms with Crippen molar-refractivity contribution in [1.82, 2.24) is 0 Å². The van der Waals surface area contributed by atoms with Crippen LogP contribution in [-0.4, -0.2) is 6.04 Å². The van der Waals surface area contributed by atoms with Crippen LogP contribution >= 0.6 is 11.6 Å². The van der Waals surface area contributed by atoms with E-state index < -0.39 is 0 Å². The van der Waals surface area contributed by atoms with E-state index in [1.54, 1.807) is 6.07 Å². The summed E-state index contributed by atoms with van der Waals surface area (Å²) in [5.41, 5.74) is 7.02. The molecule has 0 amide bonds. The van der Waals surface area contributed by atoms with Gasteiger partial charge in [0.2, 0.25) is 0 Å². The third-order valence-electron chi connectivity index (χ3n) is 2.95. The van der Waals surface area contributed by atoms with E-state index in [0.29, 0.717) is 17.4 Å². The lowest BCUT2D eigenvalue weighted by Crippen LogP contribution is -2.30. The molecule has 3 heteroatoms. The smallest absolute Gasteiger partial charge is 0.124 e. The van der Waals surface area contributed by atoms with Crippen molar-refractivity contribution in [2.24, 2.45) is 11.7 Å². The topological polar surface area (TPSA) is 26.0 Å². The first-order valence-corrected chi connectivity index (χ1v) is 6.12. The molecule has 0 saturated heterocycles. The lowest BCUT2D eigenvalue weighted by atomic mass is 9.92. The van der Waals surface area contributed by atoms with Crippen molar-refractivity contribution in [2.75, 3.05) is 0 Å². The first-order valence-electron chi connectivity index (χ1n) is 5.74. The minimum absolute atomic E-state index is 0.0860. The van der Waals surface area contributed by atoms with Gasteiger partial charge in [0.05, 0.1) is 0 Å². The van der Waals surface area contributed by atoms with Crippen molar-refractivity contribution in [3.8, 4) is 0 Å². The van der Waals surface area contributed by atoms with E-state index in [0.717, 1.165) is 18.4 Å². The first kappa shape index (κ1) is 13.5. The predicted octanol–water partition coefficient (Wildman–Crippen LogP) is 3.79. The molecule has 0 aliphatic carbocycles. The van der Waals surface area contributed by atoms with Crippen molar-refractivity contribution >= 4 is 11.6 Å². The molecule has 0 aliphatic rings. The molecule has 1 nitrogen and oxygen atoms in total. The predicted molar refractivity (Wildman–Crippen MR) is 67.2 cm³/mol. The average Bonchev–Trinajstić information content (AvgIpc) is 2.22. The second-order valence-corrected chi connectivity index (χ2v) is 4.78. The molecule has 2 N–H and O–H groups in total. The standard InChI is InChI=1S/C13H19ClFN/c1-3-4-9(2)13(16)7-10-5-6-11(15)8-12(10)14/h5-6,8-9,13H,3-4,7,16H2,1-2H3. The normalized spacial score (nSPS) is 14.8. The molecule has 0 heterocycles. The van der Waals surface area contributed by atoms with Crippen molar-refractivity contribution in [2.45, 2.75) is 39.2 Å². The molecule has 0 bridgehead atoms. The van der Waals surface area contributed by atoms with E-state index >= 15 is 0 Å². The average molecular weight is 244 g/mol. The van der Waals surface area contributed by atoms with Gasteiger partial charge in [-0.2, -0.15) is 0 Å². The number of hydrogen-bond donors (Lipinski definition) is 1. The van der Waals surface area contributed by atoms with Crippen LogP contribution < -0.4 is 5.73 Å². The summed E-state index contributed by atoms with van der Waals surface area (Å²) in [7, 11) is 0. The zero-order chi connectivity index (χ0) is 12.1. The molecule has 1 rings (SSSR count). The van der Waals surface area contributed by atoms with Gasteiger partial charge in [-0.3, -0.25) is 0 Å². The zero-order valence-electron chi connectivity index (χ0n) is 9.84. The molecule has 0 saturated carbocycles. The number of benzene rings is 1. The molecular weight excluding hydrogens is 225 g/mol. The van der Waals surface area contributed by atoms with E-state index in [-0.39, 0.29) is 11.9 Å². The number of halogens is 2. The fourth-order valence-corrected chi connectivity index (χ4v) is 2.06. The van der Waals surface area contributed by atoms with Crippen LogP contribution in [0.4, 0.5) is 4.39 Å². The summed E-state index contributed by atoms with van der Waals surface area (Å²) >= 11 is 5.96. The first-order chi connectivity index (χ1) is 7.54. The fourth-order valence-electron chi connectivity index (χ4n) is 1.81. The summed E-state index contributed by atoms with van der Waals surface area (Å²) in [6, 6.07) is 4.57. The van der Waals surface area contributed by atoms with Gasteiger partial charge in [-0.25, -0.2) is 4.39 Å². The molecule has 0 radical (unpaired) electrons. The molecule has 1 aromatic rings. The molecule has 0 aromatic heterocycles. The SMILES string of the molecule is CCCC(C)C(N)Cc1ccc(F)cc1Cl. The van der Waals surface area contributed by atoms with E-state index in [2.05, 4.69) is 13.8 Å². The summed E-state index contributed by atoms with van der Waals surface area (Å²) in [4.78, 5) is 0. The third kappa shape index (κ3) is 3.76. The molecule has 2 unspecified atom stereocenters. The summed E-state index contributed by atoms with van der Waals surface area (Å²) in [5, 5.41) is 0.471. The van der Waals surface area contributed by atoms with Crippen LogP contribution in [0, 0.1) is 11.7 Å². The lowest BCUT2D eigenvalue weighted by Gasteiger charge is -2.19. The molecule has 0 spiro atoms. The van der Waals surface area contributed by atoms with Crippen LogP contribution in [0.2, 0.25) is 5.02 Å². The van der Waals surface area contributed by atoms with E-state index in [1.807, 2.05) is 0 Å².